The molecule has 1 saturated heterocycles. The summed E-state index contributed by atoms with van der Waals surface area (Å²) in [5, 5.41) is 1.97. The molecule has 1 fully saturated rings. The summed E-state index contributed by atoms with van der Waals surface area (Å²) in [6.07, 6.45) is -2.82. The molecule has 1 aliphatic rings. The van der Waals surface area contributed by atoms with Gasteiger partial charge in [-0.3, -0.25) is 24.5 Å². The Morgan fingerprint density at radius 3 is 1.47 bits per heavy atom. The summed E-state index contributed by atoms with van der Waals surface area (Å²) >= 11 is 0. The van der Waals surface area contributed by atoms with Crippen molar-refractivity contribution in [3.63, 3.8) is 0 Å². The van der Waals surface area contributed by atoms with Gasteiger partial charge in [-0.1, -0.05) is 27.7 Å². The third-order valence-corrected chi connectivity index (χ3v) is 2.47. The second kappa shape index (κ2) is 5.81. The Labute approximate surface area is 110 Å². The van der Waals surface area contributed by atoms with E-state index in [1.807, 2.05) is 5.32 Å². The summed E-state index contributed by atoms with van der Waals surface area (Å²) in [5.74, 6) is -3.74. The fourth-order valence-corrected chi connectivity index (χ4v) is 1.29. The number of esters is 2. The van der Waals surface area contributed by atoms with Gasteiger partial charge < -0.3 is 9.47 Å². The van der Waals surface area contributed by atoms with E-state index in [1.54, 1.807) is 27.7 Å². The number of hydrogen-bond acceptors (Lipinski definition) is 6. The molecule has 2 amide bonds. The first-order valence-corrected chi connectivity index (χ1v) is 5.99. The maximum atomic E-state index is 11.5. The largest absolute Gasteiger partial charge is 0.447 e. The second-order valence-electron chi connectivity index (χ2n) is 4.88. The lowest BCUT2D eigenvalue weighted by Gasteiger charge is -2.18. The zero-order valence-electron chi connectivity index (χ0n) is 11.3. The van der Waals surface area contributed by atoms with Crippen molar-refractivity contribution in [2.75, 3.05) is 0 Å². The zero-order valence-corrected chi connectivity index (χ0v) is 11.3. The van der Waals surface area contributed by atoms with Gasteiger partial charge in [-0.15, -0.1) is 0 Å². The van der Waals surface area contributed by atoms with Gasteiger partial charge in [0, 0.05) is 0 Å². The number of hydrogen-bond donors (Lipinski definition) is 1. The minimum Gasteiger partial charge on any atom is -0.447 e. The third kappa shape index (κ3) is 3.52. The fraction of sp³-hybridized carbons (Fsp3) is 0.667. The third-order valence-electron chi connectivity index (χ3n) is 2.47. The van der Waals surface area contributed by atoms with Gasteiger partial charge in [0.2, 0.25) is 12.2 Å². The predicted octanol–water partition coefficient (Wildman–Crippen LogP) is -0.222. The van der Waals surface area contributed by atoms with E-state index in [2.05, 4.69) is 0 Å². The van der Waals surface area contributed by atoms with Crippen LogP contribution in [0.4, 0.5) is 0 Å². The van der Waals surface area contributed by atoms with Crippen LogP contribution in [-0.4, -0.2) is 36.0 Å². The smallest absolute Gasteiger partial charge is 0.309 e. The monoisotopic (exact) mass is 271 g/mol. The fourth-order valence-electron chi connectivity index (χ4n) is 1.29. The summed E-state index contributed by atoms with van der Waals surface area (Å²) in [4.78, 5) is 45.9. The zero-order chi connectivity index (χ0) is 14.7. The second-order valence-corrected chi connectivity index (χ2v) is 4.88. The highest BCUT2D eigenvalue weighted by molar-refractivity contribution is 6.09. The van der Waals surface area contributed by atoms with Crippen LogP contribution in [0.3, 0.4) is 0 Å². The van der Waals surface area contributed by atoms with E-state index < -0.39 is 47.8 Å². The van der Waals surface area contributed by atoms with Crippen LogP contribution >= 0.6 is 0 Å². The Bertz CT molecular complexity index is 376. The van der Waals surface area contributed by atoms with Crippen molar-refractivity contribution in [2.24, 2.45) is 11.8 Å². The molecule has 0 aliphatic carbocycles. The molecule has 1 aliphatic heterocycles. The molecule has 1 N–H and O–H groups in total. The molecule has 0 saturated carbocycles. The normalized spacial score (nSPS) is 22.6. The highest BCUT2D eigenvalue weighted by Gasteiger charge is 2.47. The standard InChI is InChI=1S/C12H17NO6/c1-5(2)11(16)18-7-8(10(15)13-9(7)14)19-12(17)6(3)4/h5-8H,1-4H3,(H,13,14,15)/t7-,8-/m1/s1. The van der Waals surface area contributed by atoms with Gasteiger partial charge in [0.25, 0.3) is 11.8 Å². The molecule has 0 spiro atoms. The number of amides is 2. The average Bonchev–Trinajstić information content (AvgIpc) is 2.55. The summed E-state index contributed by atoms with van der Waals surface area (Å²) < 4.78 is 9.80. The maximum absolute atomic E-state index is 11.5. The molecule has 106 valence electrons. The Hall–Kier alpha value is -1.92. The van der Waals surface area contributed by atoms with Gasteiger partial charge in [0.1, 0.15) is 0 Å². The number of imide groups is 1. The number of carbonyl (C=O) groups is 4. The van der Waals surface area contributed by atoms with Gasteiger partial charge in [-0.2, -0.15) is 0 Å². The van der Waals surface area contributed by atoms with Gasteiger partial charge in [0.15, 0.2) is 0 Å². The van der Waals surface area contributed by atoms with E-state index in [0.29, 0.717) is 0 Å². The highest BCUT2D eigenvalue weighted by atomic mass is 16.6. The minimum absolute atomic E-state index is 0.454. The molecule has 7 heteroatoms. The number of nitrogens with one attached hydrogen (secondary N) is 1. The van der Waals surface area contributed by atoms with Gasteiger partial charge in [-0.05, 0) is 0 Å². The van der Waals surface area contributed by atoms with Crippen LogP contribution in [-0.2, 0) is 28.7 Å². The molecule has 7 nitrogen and oxygen atoms in total. The van der Waals surface area contributed by atoms with Crippen LogP contribution in [0.25, 0.3) is 0 Å². The van der Waals surface area contributed by atoms with Gasteiger partial charge in [-0.25, -0.2) is 0 Å². The molecule has 0 aromatic heterocycles. The molecule has 2 atom stereocenters. The molecule has 1 rings (SSSR count). The van der Waals surface area contributed by atoms with Crippen LogP contribution in [0, 0.1) is 11.8 Å². The molecule has 0 bridgehead atoms. The molecular weight excluding hydrogens is 254 g/mol. The van der Waals surface area contributed by atoms with Crippen molar-refractivity contribution < 1.29 is 28.7 Å². The van der Waals surface area contributed by atoms with E-state index >= 15 is 0 Å². The Kier molecular flexibility index (Phi) is 4.63. The number of carbonyl (C=O) groups excluding carboxylic acids is 4. The highest BCUT2D eigenvalue weighted by Crippen LogP contribution is 2.16. The lowest BCUT2D eigenvalue weighted by Crippen LogP contribution is -2.39. The van der Waals surface area contributed by atoms with E-state index in [1.165, 1.54) is 0 Å². The van der Waals surface area contributed by atoms with Crippen LogP contribution in [0.15, 0.2) is 0 Å². The predicted molar refractivity (Wildman–Crippen MR) is 62.6 cm³/mol. The lowest BCUT2D eigenvalue weighted by molar-refractivity contribution is -0.173. The molecule has 0 unspecified atom stereocenters. The average molecular weight is 271 g/mol. The molecular formula is C12H17NO6. The van der Waals surface area contributed by atoms with Crippen molar-refractivity contribution >= 4 is 23.8 Å². The summed E-state index contributed by atoms with van der Waals surface area (Å²) in [6.45, 7) is 6.36. The summed E-state index contributed by atoms with van der Waals surface area (Å²) in [6, 6.07) is 0. The van der Waals surface area contributed by atoms with E-state index in [9.17, 15) is 19.2 Å². The number of ether oxygens (including phenoxy) is 2. The molecule has 1 heterocycles. The van der Waals surface area contributed by atoms with Crippen molar-refractivity contribution in [3.8, 4) is 0 Å². The lowest BCUT2D eigenvalue weighted by atomic mass is 10.2. The minimum atomic E-state index is -1.41. The first-order valence-electron chi connectivity index (χ1n) is 5.99. The first kappa shape index (κ1) is 15.1. The van der Waals surface area contributed by atoms with Gasteiger partial charge >= 0.3 is 11.9 Å². The topological polar surface area (TPSA) is 98.8 Å². The number of rotatable bonds is 4. The molecule has 0 aromatic carbocycles. The van der Waals surface area contributed by atoms with Crippen LogP contribution in [0.2, 0.25) is 0 Å². The maximum Gasteiger partial charge on any atom is 0.309 e. The first-order chi connectivity index (χ1) is 8.73. The van der Waals surface area contributed by atoms with Crippen molar-refractivity contribution in [2.45, 2.75) is 39.9 Å². The summed E-state index contributed by atoms with van der Waals surface area (Å²) in [7, 11) is 0. The molecule has 0 aromatic rings. The Morgan fingerprint density at radius 1 is 0.895 bits per heavy atom. The van der Waals surface area contributed by atoms with E-state index in [4.69, 9.17) is 9.47 Å². The quantitative estimate of drug-likeness (QED) is 0.560. The van der Waals surface area contributed by atoms with Crippen molar-refractivity contribution in [1.29, 1.82) is 0 Å². The van der Waals surface area contributed by atoms with Crippen molar-refractivity contribution in [1.82, 2.24) is 5.32 Å². The Balaban J connectivity index is 2.80. The van der Waals surface area contributed by atoms with E-state index in [0.717, 1.165) is 0 Å². The van der Waals surface area contributed by atoms with E-state index in [-0.39, 0.29) is 0 Å². The molecule has 19 heavy (non-hydrogen) atoms. The van der Waals surface area contributed by atoms with Crippen LogP contribution in [0.1, 0.15) is 27.7 Å². The van der Waals surface area contributed by atoms with Crippen LogP contribution in [0.5, 0.6) is 0 Å². The van der Waals surface area contributed by atoms with Crippen molar-refractivity contribution in [3.05, 3.63) is 0 Å². The Morgan fingerprint density at radius 2 is 1.21 bits per heavy atom. The van der Waals surface area contributed by atoms with Crippen LogP contribution < -0.4 is 5.32 Å². The van der Waals surface area contributed by atoms with Gasteiger partial charge in [0.05, 0.1) is 11.8 Å². The SMILES string of the molecule is CC(C)C(=O)O[C@H]1C(=O)NC(=O)[C@@H]1OC(=O)C(C)C. The summed E-state index contributed by atoms with van der Waals surface area (Å²) in [5.41, 5.74) is 0. The molecule has 0 radical (unpaired) electrons.